The van der Waals surface area contributed by atoms with Gasteiger partial charge < -0.3 is 0 Å². The molecule has 0 radical (unpaired) electrons. The van der Waals surface area contributed by atoms with Gasteiger partial charge in [-0.25, -0.2) is 0 Å². The second-order valence-corrected chi connectivity index (χ2v) is 12.1. The van der Waals surface area contributed by atoms with Crippen LogP contribution in [0.15, 0.2) is 152 Å². The summed E-state index contributed by atoms with van der Waals surface area (Å²) in [5, 5.41) is 7.87. The van der Waals surface area contributed by atoms with Crippen LogP contribution in [0.5, 0.6) is 0 Å². The summed E-state index contributed by atoms with van der Waals surface area (Å²) in [6, 6.07) is 56.2. The molecule has 0 N–H and O–H groups in total. The van der Waals surface area contributed by atoms with Crippen LogP contribution in [-0.2, 0) is 6.42 Å². The highest BCUT2D eigenvalue weighted by Crippen LogP contribution is 2.46. The van der Waals surface area contributed by atoms with Crippen LogP contribution in [-0.4, -0.2) is 0 Å². The Morgan fingerprint density at radius 1 is 0.318 bits per heavy atom. The second kappa shape index (κ2) is 9.79. The lowest BCUT2D eigenvalue weighted by molar-refractivity contribution is 1.26. The van der Waals surface area contributed by atoms with Crippen molar-refractivity contribution in [3.63, 3.8) is 0 Å². The van der Waals surface area contributed by atoms with Crippen LogP contribution in [0.2, 0.25) is 0 Å². The molecule has 0 atom stereocenters. The maximum absolute atomic E-state index is 2.40. The molecule has 0 spiro atoms. The highest BCUT2D eigenvalue weighted by molar-refractivity contribution is 6.25. The van der Waals surface area contributed by atoms with E-state index in [-0.39, 0.29) is 0 Å². The molecule has 8 aromatic rings. The SMILES string of the molecule is Cc1cc(-c2ccc3c4ccccc4c4ccccc4c3c2)cc(-c2cccc3c2Cc2c(-c4ccccc4)cccc2-3)c1. The third-order valence-electron chi connectivity index (χ3n) is 9.55. The number of rotatable bonds is 3. The molecule has 0 nitrogen and oxygen atoms in total. The Hall–Kier alpha value is -5.46. The minimum Gasteiger partial charge on any atom is -0.0622 e. The summed E-state index contributed by atoms with van der Waals surface area (Å²) in [6.07, 6.45) is 0.949. The van der Waals surface area contributed by atoms with E-state index in [2.05, 4.69) is 159 Å². The van der Waals surface area contributed by atoms with Crippen LogP contribution in [0.25, 0.3) is 76.8 Å². The molecule has 0 heterocycles. The average molecular weight is 559 g/mol. The van der Waals surface area contributed by atoms with Crippen molar-refractivity contribution in [2.45, 2.75) is 13.3 Å². The van der Waals surface area contributed by atoms with Gasteiger partial charge in [-0.05, 0) is 119 Å². The van der Waals surface area contributed by atoms with Gasteiger partial charge in [-0.15, -0.1) is 0 Å². The van der Waals surface area contributed by atoms with Crippen molar-refractivity contribution in [3.8, 4) is 44.5 Å². The van der Waals surface area contributed by atoms with E-state index in [1.54, 1.807) is 0 Å². The summed E-state index contributed by atoms with van der Waals surface area (Å²) in [5.41, 5.74) is 14.6. The standard InChI is InChI=1S/C44H30/c1-28-23-31(30-21-22-41-37-15-6-5-13-35(37)36-14-7-8-16-38(36)42(41)26-30)25-32(24-28)34-18-10-20-40-39-19-9-17-33(43(39)27-44(34)40)29-11-3-2-4-12-29/h2-26H,27H2,1H3. The zero-order chi connectivity index (χ0) is 29.2. The molecule has 0 aromatic heterocycles. The quantitative estimate of drug-likeness (QED) is 0.189. The van der Waals surface area contributed by atoms with E-state index in [0.717, 1.165) is 6.42 Å². The van der Waals surface area contributed by atoms with Crippen LogP contribution < -0.4 is 0 Å². The van der Waals surface area contributed by atoms with Crippen LogP contribution >= 0.6 is 0 Å². The maximum atomic E-state index is 2.40. The Kier molecular flexibility index (Phi) is 5.58. The van der Waals surface area contributed by atoms with E-state index in [0.29, 0.717) is 0 Å². The van der Waals surface area contributed by atoms with Crippen molar-refractivity contribution in [1.82, 2.24) is 0 Å². The minimum absolute atomic E-state index is 0.949. The smallest absolute Gasteiger partial charge is 0.000112 e. The van der Waals surface area contributed by atoms with Crippen LogP contribution in [0.4, 0.5) is 0 Å². The molecule has 0 fully saturated rings. The molecule has 44 heavy (non-hydrogen) atoms. The van der Waals surface area contributed by atoms with Gasteiger partial charge in [0.2, 0.25) is 0 Å². The van der Waals surface area contributed by atoms with E-state index in [4.69, 9.17) is 0 Å². The molecular formula is C44H30. The first-order chi connectivity index (χ1) is 21.7. The van der Waals surface area contributed by atoms with Crippen LogP contribution in [0.3, 0.4) is 0 Å². The highest BCUT2D eigenvalue weighted by Gasteiger charge is 2.24. The average Bonchev–Trinajstić information content (AvgIpc) is 3.47. The molecule has 0 unspecified atom stereocenters. The predicted molar refractivity (Wildman–Crippen MR) is 188 cm³/mol. The first kappa shape index (κ1) is 25.1. The van der Waals surface area contributed by atoms with Crippen LogP contribution in [0, 0.1) is 6.92 Å². The largest absolute Gasteiger partial charge is 0.0622 e. The summed E-state index contributed by atoms with van der Waals surface area (Å²) in [7, 11) is 0. The Morgan fingerprint density at radius 2 is 0.818 bits per heavy atom. The second-order valence-electron chi connectivity index (χ2n) is 12.1. The molecular weight excluding hydrogens is 528 g/mol. The van der Waals surface area contributed by atoms with E-state index in [9.17, 15) is 0 Å². The van der Waals surface area contributed by atoms with Gasteiger partial charge in [-0.3, -0.25) is 0 Å². The lowest BCUT2D eigenvalue weighted by Crippen LogP contribution is -1.91. The molecule has 1 aliphatic rings. The minimum atomic E-state index is 0.949. The maximum Gasteiger partial charge on any atom is -0.000112 e. The van der Waals surface area contributed by atoms with E-state index in [1.807, 2.05) is 0 Å². The Bertz CT molecular complexity index is 2370. The molecule has 0 bridgehead atoms. The zero-order valence-electron chi connectivity index (χ0n) is 24.6. The first-order valence-corrected chi connectivity index (χ1v) is 15.5. The van der Waals surface area contributed by atoms with Crippen molar-refractivity contribution in [3.05, 3.63) is 168 Å². The molecule has 0 aliphatic heterocycles. The third kappa shape index (κ3) is 3.85. The normalized spacial score (nSPS) is 12.1. The Morgan fingerprint density at radius 3 is 1.45 bits per heavy atom. The molecule has 206 valence electrons. The summed E-state index contributed by atoms with van der Waals surface area (Å²) < 4.78 is 0. The van der Waals surface area contributed by atoms with E-state index >= 15 is 0 Å². The van der Waals surface area contributed by atoms with Gasteiger partial charge in [0, 0.05) is 0 Å². The van der Waals surface area contributed by atoms with Gasteiger partial charge >= 0.3 is 0 Å². The van der Waals surface area contributed by atoms with Gasteiger partial charge in [0.25, 0.3) is 0 Å². The fraction of sp³-hybridized carbons (Fsp3) is 0.0455. The summed E-state index contributed by atoms with van der Waals surface area (Å²) in [6.45, 7) is 2.22. The topological polar surface area (TPSA) is 0 Å². The van der Waals surface area contributed by atoms with E-state index < -0.39 is 0 Å². The summed E-state index contributed by atoms with van der Waals surface area (Å²) >= 11 is 0. The van der Waals surface area contributed by atoms with Gasteiger partial charge in [-0.2, -0.15) is 0 Å². The van der Waals surface area contributed by atoms with Crippen molar-refractivity contribution in [2.75, 3.05) is 0 Å². The summed E-state index contributed by atoms with van der Waals surface area (Å²) in [5.74, 6) is 0. The monoisotopic (exact) mass is 558 g/mol. The summed E-state index contributed by atoms with van der Waals surface area (Å²) in [4.78, 5) is 0. The first-order valence-electron chi connectivity index (χ1n) is 15.5. The number of benzene rings is 8. The molecule has 0 saturated heterocycles. The van der Waals surface area contributed by atoms with Gasteiger partial charge in [0.1, 0.15) is 0 Å². The predicted octanol–water partition coefficient (Wildman–Crippen LogP) is 12.0. The Labute approximate surface area is 257 Å². The number of hydrogen-bond donors (Lipinski definition) is 0. The molecule has 8 aromatic carbocycles. The highest BCUT2D eigenvalue weighted by atomic mass is 14.3. The van der Waals surface area contributed by atoms with Gasteiger partial charge in [0.05, 0.1) is 0 Å². The van der Waals surface area contributed by atoms with Crippen LogP contribution in [0.1, 0.15) is 16.7 Å². The molecule has 0 heteroatoms. The van der Waals surface area contributed by atoms with Crippen molar-refractivity contribution >= 4 is 32.3 Å². The number of aryl methyl sites for hydroxylation is 1. The lowest BCUT2D eigenvalue weighted by Gasteiger charge is -2.14. The molecule has 0 saturated carbocycles. The Balaban J connectivity index is 1.19. The van der Waals surface area contributed by atoms with Crippen molar-refractivity contribution in [2.24, 2.45) is 0 Å². The molecule has 0 amide bonds. The van der Waals surface area contributed by atoms with Gasteiger partial charge in [0.15, 0.2) is 0 Å². The molecule has 9 rings (SSSR count). The fourth-order valence-corrected chi connectivity index (χ4v) is 7.59. The number of hydrogen-bond acceptors (Lipinski definition) is 0. The molecule has 1 aliphatic carbocycles. The zero-order valence-corrected chi connectivity index (χ0v) is 24.6. The fourth-order valence-electron chi connectivity index (χ4n) is 7.59. The lowest BCUT2D eigenvalue weighted by atomic mass is 9.89. The third-order valence-corrected chi connectivity index (χ3v) is 9.55. The van der Waals surface area contributed by atoms with E-state index in [1.165, 1.54) is 93.5 Å². The van der Waals surface area contributed by atoms with Gasteiger partial charge in [-0.1, -0.05) is 140 Å². The van der Waals surface area contributed by atoms with Crippen molar-refractivity contribution < 1.29 is 0 Å². The van der Waals surface area contributed by atoms with Crippen molar-refractivity contribution in [1.29, 1.82) is 0 Å². The number of fused-ring (bicyclic) bond motifs is 9.